The first-order valence-corrected chi connectivity index (χ1v) is 6.87. The summed E-state index contributed by atoms with van der Waals surface area (Å²) in [5.41, 5.74) is 10.3. The van der Waals surface area contributed by atoms with Gasteiger partial charge in [-0.1, -0.05) is 66.7 Å². The molecule has 0 aliphatic carbocycles. The van der Waals surface area contributed by atoms with Crippen LogP contribution in [0, 0.1) is 0 Å². The molecule has 0 amide bonds. The van der Waals surface area contributed by atoms with Crippen molar-refractivity contribution in [1.82, 2.24) is 4.98 Å². The second-order valence-corrected chi connectivity index (χ2v) is 4.80. The molecule has 3 aromatic rings. The van der Waals surface area contributed by atoms with Crippen LogP contribution in [0.15, 0.2) is 72.9 Å². The Labute approximate surface area is 124 Å². The molecule has 2 nitrogen and oxygen atoms in total. The van der Waals surface area contributed by atoms with Gasteiger partial charge < -0.3 is 5.73 Å². The van der Waals surface area contributed by atoms with Crippen LogP contribution in [0.3, 0.4) is 0 Å². The first-order chi connectivity index (χ1) is 10.3. The molecular weight excluding hydrogens is 256 g/mol. The number of hydrogen-bond donors (Lipinski definition) is 1. The molecule has 0 unspecified atom stereocenters. The van der Waals surface area contributed by atoms with E-state index in [1.807, 2.05) is 30.3 Å². The Balaban J connectivity index is 1.82. The quantitative estimate of drug-likeness (QED) is 0.713. The minimum absolute atomic E-state index is 0.560. The highest BCUT2D eigenvalue weighted by atomic mass is 14.8. The van der Waals surface area contributed by atoms with Crippen LogP contribution in [0.1, 0.15) is 11.1 Å². The average molecular weight is 272 g/mol. The van der Waals surface area contributed by atoms with Gasteiger partial charge in [0.15, 0.2) is 0 Å². The lowest BCUT2D eigenvalue weighted by atomic mass is 10.0. The van der Waals surface area contributed by atoms with Crippen molar-refractivity contribution in [2.24, 2.45) is 0 Å². The van der Waals surface area contributed by atoms with Crippen molar-refractivity contribution in [2.75, 3.05) is 5.73 Å². The first-order valence-electron chi connectivity index (χ1n) is 6.87. The van der Waals surface area contributed by atoms with E-state index in [1.54, 1.807) is 6.20 Å². The number of hydrogen-bond acceptors (Lipinski definition) is 2. The molecule has 0 radical (unpaired) electrons. The van der Waals surface area contributed by atoms with E-state index in [9.17, 15) is 0 Å². The summed E-state index contributed by atoms with van der Waals surface area (Å²) in [6, 6.07) is 22.4. The summed E-state index contributed by atoms with van der Waals surface area (Å²) in [7, 11) is 0. The van der Waals surface area contributed by atoms with Gasteiger partial charge >= 0.3 is 0 Å². The molecule has 0 saturated heterocycles. The third-order valence-corrected chi connectivity index (χ3v) is 3.33. The van der Waals surface area contributed by atoms with Crippen LogP contribution in [-0.4, -0.2) is 4.98 Å². The summed E-state index contributed by atoms with van der Waals surface area (Å²) in [6.07, 6.45) is 5.91. The van der Waals surface area contributed by atoms with E-state index in [4.69, 9.17) is 5.73 Å². The minimum atomic E-state index is 0.560. The van der Waals surface area contributed by atoms with E-state index in [0.717, 1.165) is 16.7 Å². The maximum atomic E-state index is 5.90. The topological polar surface area (TPSA) is 38.9 Å². The van der Waals surface area contributed by atoms with Crippen LogP contribution in [0.2, 0.25) is 0 Å². The Morgan fingerprint density at radius 3 is 2.05 bits per heavy atom. The summed E-state index contributed by atoms with van der Waals surface area (Å²) >= 11 is 0. The first kappa shape index (κ1) is 13.1. The minimum Gasteiger partial charge on any atom is -0.383 e. The Bertz CT molecular complexity index is 744. The van der Waals surface area contributed by atoms with Crippen LogP contribution in [0.4, 0.5) is 5.82 Å². The van der Waals surface area contributed by atoms with E-state index in [1.165, 1.54) is 5.56 Å². The predicted octanol–water partition coefficient (Wildman–Crippen LogP) is 4.50. The van der Waals surface area contributed by atoms with E-state index >= 15 is 0 Å². The van der Waals surface area contributed by atoms with Crippen molar-refractivity contribution in [1.29, 1.82) is 0 Å². The number of rotatable bonds is 3. The molecule has 1 aromatic heterocycles. The molecule has 3 rings (SSSR count). The van der Waals surface area contributed by atoms with Crippen LogP contribution >= 0.6 is 0 Å². The van der Waals surface area contributed by atoms with Gasteiger partial charge in [-0.25, -0.2) is 4.98 Å². The van der Waals surface area contributed by atoms with E-state index in [0.29, 0.717) is 5.82 Å². The van der Waals surface area contributed by atoms with Gasteiger partial charge in [0.1, 0.15) is 5.82 Å². The molecule has 2 heteroatoms. The maximum Gasteiger partial charge on any atom is 0.131 e. The van der Waals surface area contributed by atoms with Crippen LogP contribution in [0.25, 0.3) is 23.3 Å². The summed E-state index contributed by atoms with van der Waals surface area (Å²) in [5, 5.41) is 0. The SMILES string of the molecule is Nc1ncccc1-c1ccc(/C=C/c2ccccc2)cc1. The Morgan fingerprint density at radius 1 is 0.714 bits per heavy atom. The molecule has 0 fully saturated rings. The zero-order valence-corrected chi connectivity index (χ0v) is 11.6. The van der Waals surface area contributed by atoms with Crippen molar-refractivity contribution < 1.29 is 0 Å². The van der Waals surface area contributed by atoms with E-state index in [2.05, 4.69) is 53.5 Å². The summed E-state index contributed by atoms with van der Waals surface area (Å²) in [6.45, 7) is 0. The normalized spacial score (nSPS) is 10.9. The summed E-state index contributed by atoms with van der Waals surface area (Å²) < 4.78 is 0. The highest BCUT2D eigenvalue weighted by Gasteiger charge is 2.01. The van der Waals surface area contributed by atoms with Gasteiger partial charge in [0, 0.05) is 11.8 Å². The fourth-order valence-electron chi connectivity index (χ4n) is 2.19. The van der Waals surface area contributed by atoms with Crippen molar-refractivity contribution in [3.05, 3.63) is 84.1 Å². The Kier molecular flexibility index (Phi) is 3.79. The van der Waals surface area contributed by atoms with Crippen LogP contribution in [0.5, 0.6) is 0 Å². The maximum absolute atomic E-state index is 5.90. The second kappa shape index (κ2) is 6.06. The largest absolute Gasteiger partial charge is 0.383 e. The number of nitrogens with two attached hydrogens (primary N) is 1. The number of benzene rings is 2. The van der Waals surface area contributed by atoms with Gasteiger partial charge in [0.2, 0.25) is 0 Å². The molecule has 0 aliphatic rings. The number of nitrogens with zero attached hydrogens (tertiary/aromatic N) is 1. The van der Waals surface area contributed by atoms with Crippen molar-refractivity contribution in [3.63, 3.8) is 0 Å². The van der Waals surface area contributed by atoms with Crippen molar-refractivity contribution >= 4 is 18.0 Å². The number of anilines is 1. The van der Waals surface area contributed by atoms with E-state index in [-0.39, 0.29) is 0 Å². The zero-order chi connectivity index (χ0) is 14.5. The van der Waals surface area contributed by atoms with Gasteiger partial charge in [0.25, 0.3) is 0 Å². The second-order valence-electron chi connectivity index (χ2n) is 4.80. The molecule has 0 saturated carbocycles. The molecule has 0 bridgehead atoms. The highest BCUT2D eigenvalue weighted by molar-refractivity contribution is 5.76. The standard InChI is InChI=1S/C19H16N2/c20-19-18(7-4-14-21-19)17-12-10-16(11-13-17)9-8-15-5-2-1-3-6-15/h1-14H,(H2,20,21)/b9-8+. The zero-order valence-electron chi connectivity index (χ0n) is 11.6. The number of aromatic nitrogens is 1. The number of nitrogen functional groups attached to an aromatic ring is 1. The highest BCUT2D eigenvalue weighted by Crippen LogP contribution is 2.24. The molecule has 0 aliphatic heterocycles. The lowest BCUT2D eigenvalue weighted by molar-refractivity contribution is 1.34. The predicted molar refractivity (Wildman–Crippen MR) is 89.5 cm³/mol. The van der Waals surface area contributed by atoms with Gasteiger partial charge in [-0.15, -0.1) is 0 Å². The van der Waals surface area contributed by atoms with Gasteiger partial charge in [-0.05, 0) is 28.8 Å². The summed E-state index contributed by atoms with van der Waals surface area (Å²) in [5.74, 6) is 0.560. The van der Waals surface area contributed by atoms with Gasteiger partial charge in [0.05, 0.1) is 0 Å². The Hall–Kier alpha value is -2.87. The molecule has 1 heterocycles. The molecule has 0 atom stereocenters. The smallest absolute Gasteiger partial charge is 0.131 e. The van der Waals surface area contributed by atoms with Crippen molar-refractivity contribution in [3.8, 4) is 11.1 Å². The summed E-state index contributed by atoms with van der Waals surface area (Å²) in [4.78, 5) is 4.12. The molecule has 21 heavy (non-hydrogen) atoms. The van der Waals surface area contributed by atoms with E-state index < -0.39 is 0 Å². The van der Waals surface area contributed by atoms with Gasteiger partial charge in [-0.3, -0.25) is 0 Å². The molecule has 2 aromatic carbocycles. The van der Waals surface area contributed by atoms with Crippen molar-refractivity contribution in [2.45, 2.75) is 0 Å². The average Bonchev–Trinajstić information content (AvgIpc) is 2.55. The fourth-order valence-corrected chi connectivity index (χ4v) is 2.19. The van der Waals surface area contributed by atoms with Gasteiger partial charge in [-0.2, -0.15) is 0 Å². The molecule has 2 N–H and O–H groups in total. The molecule has 102 valence electrons. The molecule has 0 spiro atoms. The fraction of sp³-hybridized carbons (Fsp3) is 0. The molecular formula is C19H16N2. The lowest BCUT2D eigenvalue weighted by Gasteiger charge is -2.04. The third-order valence-electron chi connectivity index (χ3n) is 3.33. The third kappa shape index (κ3) is 3.18. The lowest BCUT2D eigenvalue weighted by Crippen LogP contribution is -1.92. The van der Waals surface area contributed by atoms with Crippen LogP contribution in [-0.2, 0) is 0 Å². The van der Waals surface area contributed by atoms with Crippen LogP contribution < -0.4 is 5.73 Å². The monoisotopic (exact) mass is 272 g/mol. The Morgan fingerprint density at radius 2 is 1.38 bits per heavy atom. The number of pyridine rings is 1.